The van der Waals surface area contributed by atoms with Crippen molar-refractivity contribution in [2.75, 3.05) is 19.6 Å². The van der Waals surface area contributed by atoms with Crippen LogP contribution in [0.25, 0.3) is 21.8 Å². The summed E-state index contributed by atoms with van der Waals surface area (Å²) >= 11 is 6.43. The molecular weight excluding hydrogens is 336 g/mol. The second kappa shape index (κ2) is 7.56. The van der Waals surface area contributed by atoms with Crippen LogP contribution in [-0.4, -0.2) is 40.3 Å². The van der Waals surface area contributed by atoms with E-state index in [0.29, 0.717) is 34.4 Å². The molecule has 0 aliphatic carbocycles. The van der Waals surface area contributed by atoms with Gasteiger partial charge in [0.1, 0.15) is 0 Å². The molecule has 0 spiro atoms. The summed E-state index contributed by atoms with van der Waals surface area (Å²) in [6.07, 6.45) is -0.551. The first-order valence-corrected chi connectivity index (χ1v) is 9.04. The van der Waals surface area contributed by atoms with Crippen molar-refractivity contribution in [3.63, 3.8) is 0 Å². The number of aromatic nitrogens is 1. The van der Waals surface area contributed by atoms with Crippen molar-refractivity contribution in [3.05, 3.63) is 57.7 Å². The van der Waals surface area contributed by atoms with Gasteiger partial charge in [0.2, 0.25) is 0 Å². The van der Waals surface area contributed by atoms with Crippen LogP contribution in [0, 0.1) is 0 Å². The second-order valence-electron chi connectivity index (χ2n) is 6.23. The van der Waals surface area contributed by atoms with Crippen LogP contribution < -0.4 is 5.43 Å². The standard InChI is InChI=1S/C20H23ClN2O2/c1-3-22(4-2)12-14(24)13-23-18-11-6-5-8-15(18)20(25)16-9-7-10-17(21)19(16)23/h5-11,14,24H,3-4,12-13H2,1-2H3. The minimum Gasteiger partial charge on any atom is -0.390 e. The number of para-hydroxylation sites is 2. The number of nitrogens with zero attached hydrogens (tertiary/aromatic N) is 2. The minimum absolute atomic E-state index is 0.0254. The molecule has 0 saturated carbocycles. The van der Waals surface area contributed by atoms with Crippen molar-refractivity contribution in [2.24, 2.45) is 0 Å². The van der Waals surface area contributed by atoms with Crippen LogP contribution in [0.4, 0.5) is 0 Å². The normalized spacial score (nSPS) is 13.0. The lowest BCUT2D eigenvalue weighted by molar-refractivity contribution is 0.105. The quantitative estimate of drug-likeness (QED) is 0.686. The third kappa shape index (κ3) is 3.43. The van der Waals surface area contributed by atoms with Crippen LogP contribution in [-0.2, 0) is 6.54 Å². The van der Waals surface area contributed by atoms with Crippen LogP contribution in [0.2, 0.25) is 5.02 Å². The lowest BCUT2D eigenvalue weighted by Gasteiger charge is -2.24. The Balaban J connectivity index is 2.18. The Bertz CT molecular complexity index is 947. The number of hydrogen-bond acceptors (Lipinski definition) is 3. The van der Waals surface area contributed by atoms with E-state index < -0.39 is 6.10 Å². The van der Waals surface area contributed by atoms with E-state index in [4.69, 9.17) is 11.6 Å². The molecule has 0 amide bonds. The molecule has 25 heavy (non-hydrogen) atoms. The summed E-state index contributed by atoms with van der Waals surface area (Å²) in [6.45, 7) is 6.91. The number of rotatable bonds is 6. The molecule has 1 N–H and O–H groups in total. The maximum Gasteiger partial charge on any atom is 0.197 e. The van der Waals surface area contributed by atoms with Crippen molar-refractivity contribution >= 4 is 33.4 Å². The number of benzene rings is 2. The Labute approximate surface area is 152 Å². The summed E-state index contributed by atoms with van der Waals surface area (Å²) in [5.41, 5.74) is 1.46. The lowest BCUT2D eigenvalue weighted by atomic mass is 10.1. The predicted octanol–water partition coefficient (Wildman–Crippen LogP) is 3.51. The topological polar surface area (TPSA) is 45.5 Å². The monoisotopic (exact) mass is 358 g/mol. The zero-order valence-corrected chi connectivity index (χ0v) is 15.3. The summed E-state index contributed by atoms with van der Waals surface area (Å²) in [4.78, 5) is 15.0. The Morgan fingerprint density at radius 1 is 1.08 bits per heavy atom. The van der Waals surface area contributed by atoms with Crippen LogP contribution >= 0.6 is 11.6 Å². The molecule has 0 fully saturated rings. The zero-order valence-electron chi connectivity index (χ0n) is 14.6. The molecule has 0 aliphatic rings. The Kier molecular flexibility index (Phi) is 5.42. The highest BCUT2D eigenvalue weighted by molar-refractivity contribution is 6.35. The van der Waals surface area contributed by atoms with Gasteiger partial charge >= 0.3 is 0 Å². The fourth-order valence-corrected chi connectivity index (χ4v) is 3.65. The number of likely N-dealkylation sites (N-methyl/N-ethyl adjacent to an activating group) is 1. The van der Waals surface area contributed by atoms with Crippen molar-refractivity contribution < 1.29 is 5.11 Å². The van der Waals surface area contributed by atoms with E-state index in [0.717, 1.165) is 18.6 Å². The van der Waals surface area contributed by atoms with Gasteiger partial charge in [0.15, 0.2) is 5.43 Å². The lowest BCUT2D eigenvalue weighted by Crippen LogP contribution is -2.35. The van der Waals surface area contributed by atoms with Crippen molar-refractivity contribution in [2.45, 2.75) is 26.5 Å². The van der Waals surface area contributed by atoms with E-state index in [1.54, 1.807) is 18.2 Å². The molecule has 132 valence electrons. The van der Waals surface area contributed by atoms with Gasteiger partial charge in [-0.15, -0.1) is 0 Å². The molecule has 1 atom stereocenters. The van der Waals surface area contributed by atoms with Gasteiger partial charge in [0, 0.05) is 17.3 Å². The molecule has 2 aromatic carbocycles. The summed E-state index contributed by atoms with van der Waals surface area (Å²) < 4.78 is 1.97. The first-order chi connectivity index (χ1) is 12.1. The summed E-state index contributed by atoms with van der Waals surface area (Å²) in [6, 6.07) is 12.9. The summed E-state index contributed by atoms with van der Waals surface area (Å²) in [5.74, 6) is 0. The number of pyridine rings is 1. The SMILES string of the molecule is CCN(CC)CC(O)Cn1c2ccccc2c(=O)c2cccc(Cl)c21. The van der Waals surface area contributed by atoms with Crippen molar-refractivity contribution in [1.29, 1.82) is 0 Å². The molecule has 0 saturated heterocycles. The molecule has 1 heterocycles. The highest BCUT2D eigenvalue weighted by Gasteiger charge is 2.16. The predicted molar refractivity (Wildman–Crippen MR) is 105 cm³/mol. The molecule has 0 bridgehead atoms. The Morgan fingerprint density at radius 3 is 2.48 bits per heavy atom. The number of aliphatic hydroxyl groups excluding tert-OH is 1. The molecule has 0 radical (unpaired) electrons. The van der Waals surface area contributed by atoms with E-state index in [1.807, 2.05) is 28.8 Å². The second-order valence-corrected chi connectivity index (χ2v) is 6.64. The maximum atomic E-state index is 12.8. The van der Waals surface area contributed by atoms with E-state index in [9.17, 15) is 9.90 Å². The number of hydrogen-bond donors (Lipinski definition) is 1. The third-order valence-electron chi connectivity index (χ3n) is 4.70. The van der Waals surface area contributed by atoms with Gasteiger partial charge in [-0.25, -0.2) is 0 Å². The van der Waals surface area contributed by atoms with Gasteiger partial charge in [-0.2, -0.15) is 0 Å². The highest BCUT2D eigenvalue weighted by atomic mass is 35.5. The van der Waals surface area contributed by atoms with Crippen molar-refractivity contribution in [3.8, 4) is 0 Å². The average Bonchev–Trinajstić information content (AvgIpc) is 2.63. The molecule has 4 nitrogen and oxygen atoms in total. The molecule has 1 unspecified atom stereocenters. The first-order valence-electron chi connectivity index (χ1n) is 8.67. The summed E-state index contributed by atoms with van der Waals surface area (Å²) in [7, 11) is 0. The van der Waals surface area contributed by atoms with E-state index in [1.165, 1.54) is 0 Å². The molecular formula is C20H23ClN2O2. The smallest absolute Gasteiger partial charge is 0.197 e. The molecule has 0 aliphatic heterocycles. The zero-order chi connectivity index (χ0) is 18.0. The van der Waals surface area contributed by atoms with Crippen LogP contribution in [0.15, 0.2) is 47.3 Å². The number of fused-ring (bicyclic) bond motifs is 2. The third-order valence-corrected chi connectivity index (χ3v) is 5.00. The number of halogens is 1. The number of aliphatic hydroxyl groups is 1. The van der Waals surface area contributed by atoms with Gasteiger partial charge in [-0.3, -0.25) is 4.79 Å². The van der Waals surface area contributed by atoms with Crippen LogP contribution in [0.5, 0.6) is 0 Å². The van der Waals surface area contributed by atoms with Gasteiger partial charge in [0.05, 0.1) is 28.7 Å². The molecule has 1 aromatic heterocycles. The fourth-order valence-electron chi connectivity index (χ4n) is 3.38. The van der Waals surface area contributed by atoms with Gasteiger partial charge in [0.25, 0.3) is 0 Å². The Morgan fingerprint density at radius 2 is 1.76 bits per heavy atom. The fraction of sp³-hybridized carbons (Fsp3) is 0.350. The maximum absolute atomic E-state index is 12.8. The molecule has 3 rings (SSSR count). The Hall–Kier alpha value is -1.88. The van der Waals surface area contributed by atoms with Crippen molar-refractivity contribution in [1.82, 2.24) is 9.47 Å². The van der Waals surface area contributed by atoms with Gasteiger partial charge in [-0.1, -0.05) is 43.6 Å². The average molecular weight is 359 g/mol. The van der Waals surface area contributed by atoms with Gasteiger partial charge in [-0.05, 0) is 37.4 Å². The largest absolute Gasteiger partial charge is 0.390 e. The summed E-state index contributed by atoms with van der Waals surface area (Å²) in [5, 5.41) is 12.4. The molecule has 3 aromatic rings. The minimum atomic E-state index is -0.551. The molecule has 5 heteroatoms. The van der Waals surface area contributed by atoms with Crippen LogP contribution in [0.3, 0.4) is 0 Å². The highest BCUT2D eigenvalue weighted by Crippen LogP contribution is 2.26. The van der Waals surface area contributed by atoms with E-state index in [-0.39, 0.29) is 5.43 Å². The van der Waals surface area contributed by atoms with Gasteiger partial charge < -0.3 is 14.6 Å². The van der Waals surface area contributed by atoms with E-state index >= 15 is 0 Å². The first kappa shape index (κ1) is 17.9. The van der Waals surface area contributed by atoms with Crippen LogP contribution in [0.1, 0.15) is 13.8 Å². The van der Waals surface area contributed by atoms with E-state index in [2.05, 4.69) is 18.7 Å².